The van der Waals surface area contributed by atoms with Gasteiger partial charge in [-0.25, -0.2) is 4.98 Å². The Labute approximate surface area is 173 Å². The highest BCUT2D eigenvalue weighted by Gasteiger charge is 2.27. The van der Waals surface area contributed by atoms with Crippen molar-refractivity contribution in [3.05, 3.63) is 23.9 Å². The van der Waals surface area contributed by atoms with Crippen molar-refractivity contribution in [3.8, 4) is 0 Å². The van der Waals surface area contributed by atoms with Crippen molar-refractivity contribution in [1.29, 1.82) is 0 Å². The van der Waals surface area contributed by atoms with E-state index in [0.29, 0.717) is 13.2 Å². The topological polar surface area (TPSA) is 73.3 Å². The number of hydrogen-bond acceptors (Lipinski definition) is 6. The van der Waals surface area contributed by atoms with E-state index in [1.165, 1.54) is 5.56 Å². The number of likely N-dealkylation sites (N-methyl/N-ethyl adjacent to an activating group) is 1. The summed E-state index contributed by atoms with van der Waals surface area (Å²) in [6.07, 6.45) is 3.48. The van der Waals surface area contributed by atoms with Crippen molar-refractivity contribution < 1.29 is 9.53 Å². The highest BCUT2D eigenvalue weighted by molar-refractivity contribution is 5.80. The van der Waals surface area contributed by atoms with E-state index in [1.807, 2.05) is 26.2 Å². The lowest BCUT2D eigenvalue weighted by Crippen LogP contribution is -2.47. The van der Waals surface area contributed by atoms with Gasteiger partial charge in [0.15, 0.2) is 5.96 Å². The van der Waals surface area contributed by atoms with E-state index in [-0.39, 0.29) is 11.9 Å². The van der Waals surface area contributed by atoms with Crippen LogP contribution in [0.2, 0.25) is 0 Å². The molecule has 2 aliphatic heterocycles. The molecule has 0 bridgehead atoms. The molecule has 29 heavy (non-hydrogen) atoms. The van der Waals surface area contributed by atoms with Crippen LogP contribution in [0.1, 0.15) is 25.3 Å². The fourth-order valence-electron chi connectivity index (χ4n) is 3.96. The summed E-state index contributed by atoms with van der Waals surface area (Å²) in [7, 11) is 3.97. The highest BCUT2D eigenvalue weighted by Crippen LogP contribution is 2.20. The van der Waals surface area contributed by atoms with Crippen LogP contribution in [0.15, 0.2) is 23.3 Å². The van der Waals surface area contributed by atoms with E-state index in [0.717, 1.165) is 63.9 Å². The van der Waals surface area contributed by atoms with Crippen molar-refractivity contribution in [2.75, 3.05) is 64.9 Å². The number of anilines is 1. The monoisotopic (exact) mass is 402 g/mol. The third-order valence-electron chi connectivity index (χ3n) is 5.73. The predicted molar refractivity (Wildman–Crippen MR) is 115 cm³/mol. The molecular weight excluding hydrogens is 368 g/mol. The van der Waals surface area contributed by atoms with Gasteiger partial charge in [0.1, 0.15) is 5.82 Å². The summed E-state index contributed by atoms with van der Waals surface area (Å²) in [4.78, 5) is 28.0. The molecule has 0 aliphatic carbocycles. The fourth-order valence-corrected chi connectivity index (χ4v) is 3.96. The molecule has 1 N–H and O–H groups in total. The number of rotatable bonds is 5. The van der Waals surface area contributed by atoms with Crippen molar-refractivity contribution in [1.82, 2.24) is 20.1 Å². The van der Waals surface area contributed by atoms with Gasteiger partial charge in [0.05, 0.1) is 12.5 Å². The molecule has 1 aromatic rings. The number of carbonyl (C=O) groups is 1. The third-order valence-corrected chi connectivity index (χ3v) is 5.73. The Kier molecular flexibility index (Phi) is 7.69. The lowest BCUT2D eigenvalue weighted by atomic mass is 9.97. The van der Waals surface area contributed by atoms with E-state index in [1.54, 1.807) is 0 Å². The molecule has 1 aromatic heterocycles. The number of pyridine rings is 1. The van der Waals surface area contributed by atoms with Gasteiger partial charge in [-0.3, -0.25) is 9.79 Å². The second-order valence-electron chi connectivity index (χ2n) is 7.69. The zero-order valence-corrected chi connectivity index (χ0v) is 17.9. The zero-order valence-electron chi connectivity index (χ0n) is 17.9. The number of hydrogen-bond donors (Lipinski definition) is 1. The Morgan fingerprint density at radius 1 is 1.24 bits per heavy atom. The molecule has 0 aromatic carbocycles. The lowest BCUT2D eigenvalue weighted by molar-refractivity contribution is -0.149. The van der Waals surface area contributed by atoms with E-state index >= 15 is 0 Å². The number of ether oxygens (including phenoxy) is 1. The first-order valence-corrected chi connectivity index (χ1v) is 10.6. The number of nitrogens with zero attached hydrogens (tertiary/aromatic N) is 5. The Morgan fingerprint density at radius 2 is 1.97 bits per heavy atom. The number of piperazine rings is 1. The predicted octanol–water partition coefficient (Wildman–Crippen LogP) is 1.18. The molecule has 0 unspecified atom stereocenters. The van der Waals surface area contributed by atoms with Crippen LogP contribution in [0.3, 0.4) is 0 Å². The molecule has 3 rings (SSSR count). The summed E-state index contributed by atoms with van der Waals surface area (Å²) < 4.78 is 5.17. The molecule has 0 amide bonds. The van der Waals surface area contributed by atoms with E-state index in [2.05, 4.69) is 43.1 Å². The summed E-state index contributed by atoms with van der Waals surface area (Å²) in [5.41, 5.74) is 1.18. The van der Waals surface area contributed by atoms with Crippen LogP contribution in [0.25, 0.3) is 0 Å². The maximum atomic E-state index is 12.0. The highest BCUT2D eigenvalue weighted by atomic mass is 16.5. The molecule has 2 saturated heterocycles. The Bertz CT molecular complexity index is 694. The van der Waals surface area contributed by atoms with Crippen LogP contribution < -0.4 is 10.2 Å². The minimum Gasteiger partial charge on any atom is -0.466 e. The molecule has 0 saturated carbocycles. The van der Waals surface area contributed by atoms with Crippen molar-refractivity contribution in [2.24, 2.45) is 10.9 Å². The molecule has 0 radical (unpaired) electrons. The summed E-state index contributed by atoms with van der Waals surface area (Å²) in [6, 6.07) is 4.12. The maximum Gasteiger partial charge on any atom is 0.309 e. The van der Waals surface area contributed by atoms with E-state index < -0.39 is 0 Å². The average molecular weight is 403 g/mol. The zero-order chi connectivity index (χ0) is 20.6. The van der Waals surface area contributed by atoms with Gasteiger partial charge >= 0.3 is 5.97 Å². The third kappa shape index (κ3) is 5.59. The standard InChI is InChI=1S/C21H34N6O2/c1-4-29-20(28)17-7-10-27(11-8-17)21(22-2)24-16-18-6-5-9-23-19(18)26-14-12-25(3)13-15-26/h5-6,9,17H,4,7-8,10-16H2,1-3H3,(H,22,24). The first-order chi connectivity index (χ1) is 14.1. The van der Waals surface area contributed by atoms with E-state index in [4.69, 9.17) is 4.74 Å². The fraction of sp³-hybridized carbons (Fsp3) is 0.667. The minimum atomic E-state index is -0.0673. The summed E-state index contributed by atoms with van der Waals surface area (Å²) in [6.45, 7) is 8.70. The molecule has 2 fully saturated rings. The van der Waals surface area contributed by atoms with Crippen LogP contribution in [0, 0.1) is 5.92 Å². The smallest absolute Gasteiger partial charge is 0.309 e. The van der Waals surface area contributed by atoms with Crippen LogP contribution in [0.4, 0.5) is 5.82 Å². The van der Waals surface area contributed by atoms with Gasteiger partial charge in [0.2, 0.25) is 0 Å². The summed E-state index contributed by atoms with van der Waals surface area (Å²) in [5, 5.41) is 3.50. The number of piperidine rings is 1. The van der Waals surface area contributed by atoms with Gasteiger partial charge in [-0.2, -0.15) is 0 Å². The number of nitrogens with one attached hydrogen (secondary N) is 1. The number of guanidine groups is 1. The number of aromatic nitrogens is 1. The number of esters is 1. The van der Waals surface area contributed by atoms with Crippen LogP contribution >= 0.6 is 0 Å². The Hall–Kier alpha value is -2.35. The average Bonchev–Trinajstić information content (AvgIpc) is 2.76. The summed E-state index contributed by atoms with van der Waals surface area (Å²) in [5.74, 6) is 1.87. The van der Waals surface area contributed by atoms with Gasteiger partial charge in [-0.05, 0) is 32.9 Å². The minimum absolute atomic E-state index is 0.00599. The van der Waals surface area contributed by atoms with Gasteiger partial charge in [-0.1, -0.05) is 6.07 Å². The second-order valence-corrected chi connectivity index (χ2v) is 7.69. The maximum absolute atomic E-state index is 12.0. The van der Waals surface area contributed by atoms with Crippen molar-refractivity contribution in [2.45, 2.75) is 26.3 Å². The SMILES string of the molecule is CCOC(=O)C1CCN(C(=NC)NCc2cccnc2N2CCN(C)CC2)CC1. The first-order valence-electron chi connectivity index (χ1n) is 10.6. The van der Waals surface area contributed by atoms with Crippen LogP contribution in [0.5, 0.6) is 0 Å². The van der Waals surface area contributed by atoms with E-state index in [9.17, 15) is 4.79 Å². The lowest BCUT2D eigenvalue weighted by Gasteiger charge is -2.35. The molecule has 0 spiro atoms. The molecule has 2 aliphatic rings. The Balaban J connectivity index is 1.56. The number of aliphatic imine (C=N–C) groups is 1. The van der Waals surface area contributed by atoms with Gasteiger partial charge in [0.25, 0.3) is 0 Å². The second kappa shape index (κ2) is 10.4. The van der Waals surface area contributed by atoms with Crippen LogP contribution in [-0.4, -0.2) is 86.7 Å². The summed E-state index contributed by atoms with van der Waals surface area (Å²) >= 11 is 0. The van der Waals surface area contributed by atoms with Gasteiger partial charge < -0.3 is 24.8 Å². The molecule has 8 heteroatoms. The first kappa shape index (κ1) is 21.4. The van der Waals surface area contributed by atoms with Crippen molar-refractivity contribution >= 4 is 17.7 Å². The normalized spacial score (nSPS) is 19.3. The molecule has 160 valence electrons. The van der Waals surface area contributed by atoms with Crippen LogP contribution in [-0.2, 0) is 16.1 Å². The quantitative estimate of drug-likeness (QED) is 0.450. The molecule has 8 nitrogen and oxygen atoms in total. The number of likely N-dealkylation sites (tertiary alicyclic amines) is 1. The van der Waals surface area contributed by atoms with Gasteiger partial charge in [-0.15, -0.1) is 0 Å². The number of carbonyl (C=O) groups excluding carboxylic acids is 1. The largest absolute Gasteiger partial charge is 0.466 e. The molecular formula is C21H34N6O2. The van der Waals surface area contributed by atoms with Crippen molar-refractivity contribution in [3.63, 3.8) is 0 Å². The Morgan fingerprint density at radius 3 is 2.62 bits per heavy atom. The molecule has 3 heterocycles. The molecule has 0 atom stereocenters. The van der Waals surface area contributed by atoms with Gasteiger partial charge in [0, 0.05) is 64.6 Å².